The molecule has 0 atom stereocenters. The summed E-state index contributed by atoms with van der Waals surface area (Å²) >= 11 is 15.1. The SMILES string of the molecule is C=CCN(CCO)C(=O)CCSCCCSCCCN1Cc2ccc(cc2)/C=N\OCCCSCCCSCCC(=O)N(CCOCCOCCN=[N+]=[N-])CCCSCCCSCCC(=O)N(CCc2ccccc2)CCCSCCCSCCC1=O. The maximum atomic E-state index is 13.8. The highest BCUT2D eigenvalue weighted by molar-refractivity contribution is 8.01. The average molecular weight is 1360 g/mol. The number of rotatable bonds is 27. The fourth-order valence-electron chi connectivity index (χ4n) is 8.68. The van der Waals surface area contributed by atoms with Crippen LogP contribution < -0.4 is 0 Å². The Kier molecular flexibility index (Phi) is 52.0. The molecule has 2 heterocycles. The van der Waals surface area contributed by atoms with Crippen molar-refractivity contribution in [2.24, 2.45) is 10.3 Å². The van der Waals surface area contributed by atoms with E-state index in [9.17, 15) is 24.3 Å². The van der Waals surface area contributed by atoms with Gasteiger partial charge in [0.1, 0.15) is 6.61 Å². The number of hydrogen-bond donors (Lipinski definition) is 1. The summed E-state index contributed by atoms with van der Waals surface area (Å²) in [7, 11) is 0. The maximum Gasteiger partial charge on any atom is 0.223 e. The number of nitrogens with zero attached hydrogens (tertiary/aromatic N) is 8. The van der Waals surface area contributed by atoms with Gasteiger partial charge in [0.05, 0.1) is 39.2 Å². The molecule has 2 aromatic rings. The van der Waals surface area contributed by atoms with Crippen LogP contribution in [0.5, 0.6) is 0 Å². The molecule has 2 aromatic carbocycles. The van der Waals surface area contributed by atoms with Gasteiger partial charge in [0.25, 0.3) is 0 Å². The van der Waals surface area contributed by atoms with Gasteiger partial charge in [0.15, 0.2) is 0 Å². The number of amides is 4. The van der Waals surface area contributed by atoms with E-state index in [0.717, 1.165) is 174 Å². The van der Waals surface area contributed by atoms with Gasteiger partial charge >= 0.3 is 0 Å². The minimum absolute atomic E-state index is 0.0433. The van der Waals surface area contributed by atoms with Gasteiger partial charge in [0, 0.05) is 113 Å². The number of azide groups is 1. The highest BCUT2D eigenvalue weighted by atomic mass is 32.2. The molecule has 16 nitrogen and oxygen atoms in total. The van der Waals surface area contributed by atoms with E-state index in [0.29, 0.717) is 105 Å². The minimum Gasteiger partial charge on any atom is -0.396 e. The number of benzene rings is 2. The van der Waals surface area contributed by atoms with Gasteiger partial charge in [-0.2, -0.15) is 94.1 Å². The first-order valence-corrected chi connectivity index (χ1v) is 40.5. The van der Waals surface area contributed by atoms with E-state index in [-0.39, 0.29) is 30.2 Å². The first kappa shape index (κ1) is 78.8. The number of carbonyl (C=O) groups excluding carboxylic acids is 4. The zero-order valence-corrected chi connectivity index (χ0v) is 58.4. The third kappa shape index (κ3) is 43.8. The lowest BCUT2D eigenvalue weighted by Crippen LogP contribution is -2.35. The third-order valence-electron chi connectivity index (χ3n) is 13.4. The molecule has 0 unspecified atom stereocenters. The smallest absolute Gasteiger partial charge is 0.223 e. The van der Waals surface area contributed by atoms with Crippen molar-refractivity contribution in [3.05, 3.63) is 94.4 Å². The van der Waals surface area contributed by atoms with Gasteiger partial charge in [-0.1, -0.05) is 70.9 Å². The molecule has 0 saturated heterocycles. The minimum atomic E-state index is -0.0433. The van der Waals surface area contributed by atoms with Gasteiger partial charge in [-0.3, -0.25) is 19.2 Å². The molecule has 87 heavy (non-hydrogen) atoms. The van der Waals surface area contributed by atoms with Crippen molar-refractivity contribution in [3.63, 3.8) is 0 Å². The third-order valence-corrected chi connectivity index (χ3v) is 22.3. The number of ether oxygens (including phenoxy) is 2. The second kappa shape index (κ2) is 57.4. The van der Waals surface area contributed by atoms with Crippen LogP contribution in [0.15, 0.2) is 77.5 Å². The van der Waals surface area contributed by atoms with Gasteiger partial charge in [0.2, 0.25) is 23.6 Å². The van der Waals surface area contributed by atoms with Gasteiger partial charge in [-0.15, -0.1) is 6.58 Å². The molecule has 0 aliphatic carbocycles. The molecular formula is C63H102N8O8S8. The summed E-state index contributed by atoms with van der Waals surface area (Å²) in [5, 5.41) is 17.0. The molecule has 490 valence electrons. The predicted octanol–water partition coefficient (Wildman–Crippen LogP) is 12.2. The lowest BCUT2D eigenvalue weighted by molar-refractivity contribution is -0.132. The Hall–Kier alpha value is -2.48. The Bertz CT molecular complexity index is 2140. The number of aliphatic hydroxyl groups excluding tert-OH is 1. The predicted molar refractivity (Wildman–Crippen MR) is 382 cm³/mol. The van der Waals surface area contributed by atoms with Gasteiger partial charge < -0.3 is 39.0 Å². The molecule has 0 aromatic heterocycles. The van der Waals surface area contributed by atoms with E-state index in [1.165, 1.54) is 5.56 Å². The monoisotopic (exact) mass is 1350 g/mol. The lowest BCUT2D eigenvalue weighted by atomic mass is 10.1. The van der Waals surface area contributed by atoms with Crippen LogP contribution in [0.3, 0.4) is 0 Å². The molecule has 4 amide bonds. The van der Waals surface area contributed by atoms with Crippen molar-refractivity contribution in [2.45, 2.75) is 90.0 Å². The van der Waals surface area contributed by atoms with Crippen molar-refractivity contribution in [1.29, 1.82) is 0 Å². The molecule has 1 N–H and O–H groups in total. The fraction of sp³-hybridized carbons (Fsp3) is 0.698. The van der Waals surface area contributed by atoms with E-state index in [1.54, 1.807) is 29.0 Å². The van der Waals surface area contributed by atoms with Crippen LogP contribution in [0.1, 0.15) is 93.7 Å². The second-order valence-corrected chi connectivity index (χ2v) is 30.2. The Labute approximate surface area is 556 Å². The summed E-state index contributed by atoms with van der Waals surface area (Å²) in [6.45, 7) is 11.0. The van der Waals surface area contributed by atoms with E-state index < -0.39 is 0 Å². The van der Waals surface area contributed by atoms with Crippen molar-refractivity contribution >= 4 is 124 Å². The normalized spacial score (nSPS) is 17.4. The molecule has 24 heteroatoms. The molecule has 2 aliphatic rings. The molecule has 4 rings (SSSR count). The second-order valence-electron chi connectivity index (χ2n) is 20.4. The van der Waals surface area contributed by atoms with E-state index >= 15 is 0 Å². The summed E-state index contributed by atoms with van der Waals surface area (Å²) < 4.78 is 11.3. The van der Waals surface area contributed by atoms with Crippen LogP contribution in [-0.2, 0) is 46.5 Å². The molecule has 2 aliphatic heterocycles. The number of hydrogen-bond acceptors (Lipinski definition) is 18. The largest absolute Gasteiger partial charge is 0.396 e. The van der Waals surface area contributed by atoms with Crippen LogP contribution in [0.25, 0.3) is 10.4 Å². The van der Waals surface area contributed by atoms with Crippen molar-refractivity contribution in [2.75, 3.05) is 184 Å². The summed E-state index contributed by atoms with van der Waals surface area (Å²) in [5.74, 6) is 16.2. The zero-order chi connectivity index (χ0) is 62.1. The van der Waals surface area contributed by atoms with Gasteiger partial charge in [-0.25, -0.2) is 0 Å². The van der Waals surface area contributed by atoms with Crippen molar-refractivity contribution < 1.29 is 38.6 Å². The number of aliphatic hydroxyl groups is 1. The average Bonchev–Trinajstić information content (AvgIpc) is 3.55. The van der Waals surface area contributed by atoms with Crippen molar-refractivity contribution in [1.82, 2.24) is 19.6 Å². The molecule has 0 radical (unpaired) electrons. The summed E-state index contributed by atoms with van der Waals surface area (Å²) in [4.78, 5) is 69.4. The highest BCUT2D eigenvalue weighted by Gasteiger charge is 2.17. The summed E-state index contributed by atoms with van der Waals surface area (Å²) in [6.07, 6.45) is 14.4. The zero-order valence-electron chi connectivity index (χ0n) is 51.8. The van der Waals surface area contributed by atoms with Crippen molar-refractivity contribution in [3.8, 4) is 0 Å². The fourth-order valence-corrected chi connectivity index (χ4v) is 16.4. The Morgan fingerprint density at radius 2 is 1.21 bits per heavy atom. The van der Waals surface area contributed by atoms with Crippen LogP contribution in [0.2, 0.25) is 0 Å². The van der Waals surface area contributed by atoms with Crippen LogP contribution in [0.4, 0.5) is 0 Å². The van der Waals surface area contributed by atoms with Crippen LogP contribution >= 0.6 is 94.1 Å². The van der Waals surface area contributed by atoms with Crippen LogP contribution in [-0.4, -0.2) is 239 Å². The Morgan fingerprint density at radius 1 is 0.667 bits per heavy atom. The summed E-state index contributed by atoms with van der Waals surface area (Å²) in [6, 6.07) is 18.7. The molecule has 2 bridgehead atoms. The topological polar surface area (TPSA) is 190 Å². The maximum absolute atomic E-state index is 13.8. The van der Waals surface area contributed by atoms with Crippen LogP contribution in [0, 0.1) is 0 Å². The highest BCUT2D eigenvalue weighted by Crippen LogP contribution is 2.19. The number of carbonyl (C=O) groups is 4. The first-order valence-electron chi connectivity index (χ1n) is 31.2. The number of fused-ring (bicyclic) bond motifs is 40. The number of oxime groups is 1. The van der Waals surface area contributed by atoms with Gasteiger partial charge in [-0.05, 0) is 149 Å². The standard InChI is InChI=1S/C63H102N8O8S8/c1-2-26-68(31-33-72)60(73)21-51-84-47-12-45-82-41-8-29-71-56-59-18-16-58(17-19-59)55-66-79-34-9-42-83-46-13-50-86-53-23-62(75)70(32-36-78-38-37-77-35-25-65-67-64)28-7-40-81-44-10-48-85-52-22-61(74)69(30-20-57-14-4-3-5-15-57)27-6-39-80-43-11-49-87-54-24-63(71)76/h2-5,14-19,55,72H,1,6-13,20-54,56H2/b66-55-. The quantitative estimate of drug-likeness (QED) is 0.0292. The Balaban J connectivity index is 1.52. The van der Waals surface area contributed by atoms with E-state index in [2.05, 4.69) is 63.1 Å². The molecule has 0 saturated carbocycles. The summed E-state index contributed by atoms with van der Waals surface area (Å²) in [5.41, 5.74) is 11.7. The lowest BCUT2D eigenvalue weighted by Gasteiger charge is -2.23. The van der Waals surface area contributed by atoms with E-state index in [1.807, 2.05) is 110 Å². The number of thioether (sulfide) groups is 8. The molecule has 0 spiro atoms. The Morgan fingerprint density at radius 3 is 1.80 bits per heavy atom. The first-order chi connectivity index (χ1) is 42.8. The molecular weight excluding hydrogens is 1250 g/mol. The van der Waals surface area contributed by atoms with E-state index in [4.69, 9.17) is 19.8 Å². The molecule has 0 fully saturated rings.